The van der Waals surface area contributed by atoms with Gasteiger partial charge in [-0.2, -0.15) is 0 Å². The number of nitrogens with zero attached hydrogens (tertiary/aromatic N) is 6. The SMILES string of the molecule is c1ccc(N(c2ccc(-c3ccc4ccccc4c3)cc2)c2ccc(-n3c4ccccc4c4ccccc43)c3ccccc23)cc1.c1ccc(N(c2ccc(-c3ccc4ccccc4c3)cc2)c2ccc3c(-n4c5ccccc5c5ccccc54)cccc3c2)cc1.c1ccc(N(c2ccc(-c3ccc4ccccc4c3)cc2)c2ccc3cc(-n4c5ccccc5c5ccccc54)ccc3c2)cc1. The minimum absolute atomic E-state index is 1.12. The maximum atomic E-state index is 2.42. The number of para-hydroxylation sites is 9. The van der Waals surface area contributed by atoms with E-state index in [4.69, 9.17) is 0 Å². The molecular formula is C132H90N6. The Balaban J connectivity index is 0.000000110. The molecule has 6 heteroatoms. The fourth-order valence-electron chi connectivity index (χ4n) is 20.9. The number of hydrogen-bond donors (Lipinski definition) is 0. The second-order valence-corrected chi connectivity index (χ2v) is 35.5. The first-order valence-electron chi connectivity index (χ1n) is 47.3. The molecule has 24 aromatic carbocycles. The van der Waals surface area contributed by atoms with E-state index in [0.29, 0.717) is 0 Å². The lowest BCUT2D eigenvalue weighted by Gasteiger charge is -2.28. The highest BCUT2D eigenvalue weighted by Gasteiger charge is 2.24. The quantitative estimate of drug-likeness (QED) is 0.102. The van der Waals surface area contributed by atoms with E-state index in [0.717, 1.165) is 51.2 Å². The molecule has 27 rings (SSSR count). The molecule has 138 heavy (non-hydrogen) atoms. The van der Waals surface area contributed by atoms with Gasteiger partial charge in [-0.25, -0.2) is 0 Å². The predicted molar refractivity (Wildman–Crippen MR) is 588 cm³/mol. The van der Waals surface area contributed by atoms with E-state index in [1.165, 1.54) is 180 Å². The normalized spacial score (nSPS) is 11.5. The number of benzene rings is 24. The molecule has 0 aliphatic carbocycles. The van der Waals surface area contributed by atoms with Crippen LogP contribution >= 0.6 is 0 Å². The van der Waals surface area contributed by atoms with Gasteiger partial charge in [0.2, 0.25) is 0 Å². The number of aromatic nitrogens is 3. The van der Waals surface area contributed by atoms with E-state index in [2.05, 4.69) is 574 Å². The van der Waals surface area contributed by atoms with Gasteiger partial charge in [-0.3, -0.25) is 0 Å². The summed E-state index contributed by atoms with van der Waals surface area (Å²) in [6.45, 7) is 0. The smallest absolute Gasteiger partial charge is 0.0542 e. The topological polar surface area (TPSA) is 24.5 Å². The zero-order chi connectivity index (χ0) is 91.4. The van der Waals surface area contributed by atoms with Crippen molar-refractivity contribution in [2.24, 2.45) is 0 Å². The largest absolute Gasteiger partial charge is 0.310 e. The molecule has 0 bridgehead atoms. The van der Waals surface area contributed by atoms with Crippen molar-refractivity contribution in [2.45, 2.75) is 0 Å². The third-order valence-electron chi connectivity index (χ3n) is 27.4. The van der Waals surface area contributed by atoms with Gasteiger partial charge < -0.3 is 28.4 Å². The van der Waals surface area contributed by atoms with Gasteiger partial charge in [-0.05, 0) is 264 Å². The summed E-state index contributed by atoms with van der Waals surface area (Å²) in [5.41, 5.74) is 28.3. The van der Waals surface area contributed by atoms with Crippen LogP contribution in [-0.2, 0) is 0 Å². The van der Waals surface area contributed by atoms with Gasteiger partial charge in [0.05, 0.1) is 50.2 Å². The highest BCUT2D eigenvalue weighted by molar-refractivity contribution is 6.15. The molecule has 6 nitrogen and oxygen atoms in total. The van der Waals surface area contributed by atoms with Gasteiger partial charge in [0.15, 0.2) is 0 Å². The summed E-state index contributed by atoms with van der Waals surface area (Å²) in [6, 6.07) is 197. The second-order valence-electron chi connectivity index (χ2n) is 35.5. The molecule has 0 N–H and O–H groups in total. The molecule has 648 valence electrons. The van der Waals surface area contributed by atoms with Crippen LogP contribution in [0.4, 0.5) is 51.2 Å². The van der Waals surface area contributed by atoms with Crippen LogP contribution in [0.15, 0.2) is 546 Å². The van der Waals surface area contributed by atoms with Crippen molar-refractivity contribution in [1.82, 2.24) is 13.7 Å². The highest BCUT2D eigenvalue weighted by atomic mass is 15.2. The molecule has 3 aromatic heterocycles. The second kappa shape index (κ2) is 35.3. The van der Waals surface area contributed by atoms with Gasteiger partial charge in [-0.15, -0.1) is 0 Å². The molecule has 0 aliphatic rings. The summed E-state index contributed by atoms with van der Waals surface area (Å²) >= 11 is 0. The molecule has 0 unspecified atom stereocenters. The van der Waals surface area contributed by atoms with Crippen LogP contribution in [-0.4, -0.2) is 13.7 Å². The van der Waals surface area contributed by atoms with Gasteiger partial charge >= 0.3 is 0 Å². The van der Waals surface area contributed by atoms with Crippen molar-refractivity contribution in [3.63, 3.8) is 0 Å². The highest BCUT2D eigenvalue weighted by Crippen LogP contribution is 2.47. The molecule has 0 atom stereocenters. The molecule has 0 spiro atoms. The summed E-state index contributed by atoms with van der Waals surface area (Å²) in [6.07, 6.45) is 0. The van der Waals surface area contributed by atoms with Gasteiger partial charge in [0, 0.05) is 99.7 Å². The van der Waals surface area contributed by atoms with E-state index < -0.39 is 0 Å². The zero-order valence-electron chi connectivity index (χ0n) is 75.6. The molecule has 0 saturated heterocycles. The summed E-state index contributed by atoms with van der Waals surface area (Å²) in [5.74, 6) is 0. The Hall–Kier alpha value is -18.4. The molecule has 0 amide bonds. The first kappa shape index (κ1) is 81.6. The molecule has 0 fully saturated rings. The van der Waals surface area contributed by atoms with Crippen LogP contribution in [0.2, 0.25) is 0 Å². The number of fused-ring (bicyclic) bond motifs is 15. The Bertz CT molecular complexity index is 9120. The Kier molecular flexibility index (Phi) is 20.9. The number of anilines is 9. The summed E-state index contributed by atoms with van der Waals surface area (Å²) in [5, 5.41) is 22.4. The Morgan fingerprint density at radius 1 is 0.123 bits per heavy atom. The lowest BCUT2D eigenvalue weighted by molar-refractivity contribution is 1.19. The van der Waals surface area contributed by atoms with Crippen molar-refractivity contribution < 1.29 is 0 Å². The monoisotopic (exact) mass is 1760 g/mol. The minimum Gasteiger partial charge on any atom is -0.310 e. The van der Waals surface area contributed by atoms with Crippen LogP contribution < -0.4 is 14.7 Å². The van der Waals surface area contributed by atoms with Crippen molar-refractivity contribution in [3.05, 3.63) is 546 Å². The number of rotatable bonds is 15. The number of hydrogen-bond acceptors (Lipinski definition) is 3. The first-order valence-corrected chi connectivity index (χ1v) is 47.3. The molecule has 0 aliphatic heterocycles. The fraction of sp³-hybridized carbons (Fsp3) is 0. The Morgan fingerprint density at radius 2 is 0.391 bits per heavy atom. The van der Waals surface area contributed by atoms with E-state index >= 15 is 0 Å². The van der Waals surface area contributed by atoms with Crippen LogP contribution in [0.3, 0.4) is 0 Å². The molecule has 27 aromatic rings. The molecule has 3 heterocycles. The van der Waals surface area contributed by atoms with Crippen molar-refractivity contribution in [3.8, 4) is 50.4 Å². The average molecular weight is 1760 g/mol. The van der Waals surface area contributed by atoms with Gasteiger partial charge in [-0.1, -0.05) is 364 Å². The first-order chi connectivity index (χ1) is 68.4. The van der Waals surface area contributed by atoms with Crippen LogP contribution in [0.1, 0.15) is 0 Å². The minimum atomic E-state index is 1.12. The average Bonchev–Trinajstić information content (AvgIpc) is 1.55. The van der Waals surface area contributed by atoms with E-state index in [1.807, 2.05) is 0 Å². The van der Waals surface area contributed by atoms with Crippen molar-refractivity contribution >= 4 is 181 Å². The van der Waals surface area contributed by atoms with Crippen molar-refractivity contribution in [2.75, 3.05) is 14.7 Å². The van der Waals surface area contributed by atoms with Crippen LogP contribution in [0.25, 0.3) is 180 Å². The summed E-state index contributed by atoms with van der Waals surface area (Å²) < 4.78 is 7.21. The lowest BCUT2D eigenvalue weighted by atomic mass is 10.0. The third kappa shape index (κ3) is 15.0. The van der Waals surface area contributed by atoms with Crippen LogP contribution in [0.5, 0.6) is 0 Å². The third-order valence-corrected chi connectivity index (χ3v) is 27.4. The lowest BCUT2D eigenvalue weighted by Crippen LogP contribution is -2.11. The molecule has 0 radical (unpaired) electrons. The van der Waals surface area contributed by atoms with E-state index in [-0.39, 0.29) is 0 Å². The van der Waals surface area contributed by atoms with Crippen LogP contribution in [0, 0.1) is 0 Å². The summed E-state index contributed by atoms with van der Waals surface area (Å²) in [4.78, 5) is 7.06. The van der Waals surface area contributed by atoms with Gasteiger partial charge in [0.25, 0.3) is 0 Å². The molecule has 0 saturated carbocycles. The van der Waals surface area contributed by atoms with E-state index in [9.17, 15) is 0 Å². The Labute approximate surface area is 800 Å². The molecular weight excluding hydrogens is 1670 g/mol. The van der Waals surface area contributed by atoms with Crippen molar-refractivity contribution in [1.29, 1.82) is 0 Å². The standard InChI is InChI=1S/3C44H30N2/c1-2-14-36(15-3-1)45(37-25-23-32(24-26-37)34-22-21-31-11-4-5-12-33(31)29-34)38-27-28-39-35(30-38)13-10-20-42(39)46-43-18-8-6-16-40(43)41-17-7-9-19-44(41)46;1-2-12-37(13-3-1)45(38-24-20-32(21-25-38)34-19-18-31-10-4-5-11-33(31)28-34)39-26-22-36-30-40(27-23-35(36)29-39)46-43-16-8-6-14-41(43)42-15-7-9-17-44(42)46;1-2-14-35(15-3-1)45(36-26-24-32(25-27-36)34-23-22-31-12-4-5-13-33(31)30-34)43-28-29-44(40-17-7-6-16-39(40)43)46-41-20-10-8-18-37(41)38-19-9-11-21-42(38)46/h3*1-30H. The predicted octanol–water partition coefficient (Wildman–Crippen LogP) is 36.7. The Morgan fingerprint density at radius 3 is 0.804 bits per heavy atom. The summed E-state index contributed by atoms with van der Waals surface area (Å²) in [7, 11) is 0. The maximum Gasteiger partial charge on any atom is 0.0542 e. The zero-order valence-corrected chi connectivity index (χ0v) is 75.6. The fourth-order valence-corrected chi connectivity index (χ4v) is 20.9. The van der Waals surface area contributed by atoms with E-state index in [1.54, 1.807) is 0 Å². The maximum absolute atomic E-state index is 2.42. The van der Waals surface area contributed by atoms with Gasteiger partial charge in [0.1, 0.15) is 0 Å².